The Morgan fingerprint density at radius 1 is 0.778 bits per heavy atom. The summed E-state index contributed by atoms with van der Waals surface area (Å²) in [6.07, 6.45) is 0. The molecule has 0 spiro atoms. The van der Waals surface area contributed by atoms with Crippen molar-refractivity contribution in [3.63, 3.8) is 0 Å². The fraction of sp³-hybridized carbons (Fsp3) is 0.417. The Balaban J connectivity index is 2.06. The van der Waals surface area contributed by atoms with Crippen molar-refractivity contribution in [2.24, 2.45) is 0 Å². The number of hydrogen-bond donors (Lipinski definition) is 0. The molecule has 0 amide bonds. The molecule has 1 heterocycles. The Morgan fingerprint density at radius 2 is 1.33 bits per heavy atom. The summed E-state index contributed by atoms with van der Waals surface area (Å²) in [4.78, 5) is 0. The zero-order valence-electron chi connectivity index (χ0n) is 17.5. The van der Waals surface area contributed by atoms with Crippen LogP contribution in [0.15, 0.2) is 54.6 Å². The molecule has 1 nitrogen and oxygen atoms in total. The van der Waals surface area contributed by atoms with Crippen LogP contribution in [0, 0.1) is 0 Å². The molecule has 0 aliphatic carbocycles. The van der Waals surface area contributed by atoms with Gasteiger partial charge in [-0.3, -0.25) is 0 Å². The van der Waals surface area contributed by atoms with Gasteiger partial charge in [-0.15, -0.1) is 0 Å². The zero-order chi connectivity index (χ0) is 19.6. The summed E-state index contributed by atoms with van der Waals surface area (Å²) in [6.45, 7) is 15.0. The van der Waals surface area contributed by atoms with Gasteiger partial charge in [0, 0.05) is 0 Å². The second-order valence-corrected chi connectivity index (χ2v) is 16.0. The molecule has 1 aromatic heterocycles. The van der Waals surface area contributed by atoms with Crippen molar-refractivity contribution < 1.29 is 4.43 Å². The van der Waals surface area contributed by atoms with Gasteiger partial charge in [-0.25, -0.2) is 0 Å². The van der Waals surface area contributed by atoms with Crippen LogP contribution in [0.3, 0.4) is 0 Å². The molecule has 0 aliphatic rings. The van der Waals surface area contributed by atoms with E-state index in [1.165, 1.54) is 25.2 Å². The molecule has 0 saturated heterocycles. The summed E-state index contributed by atoms with van der Waals surface area (Å²) in [5.41, 5.74) is 4.62. The van der Waals surface area contributed by atoms with Crippen molar-refractivity contribution in [3.8, 4) is 10.0 Å². The molecule has 3 aromatic rings. The minimum atomic E-state index is -1.87. The van der Waals surface area contributed by atoms with E-state index in [2.05, 4.69) is 96.1 Å². The van der Waals surface area contributed by atoms with E-state index in [9.17, 15) is 0 Å². The Kier molecular flexibility index (Phi) is 6.48. The molecule has 0 atom stereocenters. The second kappa shape index (κ2) is 8.49. The summed E-state index contributed by atoms with van der Waals surface area (Å²) in [5.74, 6) is 0. The first-order valence-corrected chi connectivity index (χ1v) is 13.9. The molecule has 3 heteroatoms. The topological polar surface area (TPSA) is 9.23 Å². The van der Waals surface area contributed by atoms with Gasteiger partial charge >= 0.3 is 172 Å². The van der Waals surface area contributed by atoms with Crippen LogP contribution in [-0.2, 0) is 11.0 Å². The summed E-state index contributed by atoms with van der Waals surface area (Å²) in [5, 5.41) is 1.41. The van der Waals surface area contributed by atoms with Crippen molar-refractivity contribution >= 4 is 32.5 Å². The number of hydrogen-bond acceptors (Lipinski definition) is 1. The van der Waals surface area contributed by atoms with Crippen molar-refractivity contribution in [2.45, 2.75) is 64.8 Å². The van der Waals surface area contributed by atoms with E-state index in [1.807, 2.05) is 0 Å². The number of fused-ring (bicyclic) bond motifs is 1. The van der Waals surface area contributed by atoms with Crippen LogP contribution in [0.2, 0.25) is 16.6 Å². The molecule has 144 valence electrons. The van der Waals surface area contributed by atoms with E-state index in [0.717, 1.165) is 6.61 Å². The summed E-state index contributed by atoms with van der Waals surface area (Å²) >= 11 is 0.356. The number of benzene rings is 2. The molecular formula is C24H32OSeSi. The Hall–Kier alpha value is -1.12. The molecule has 0 radical (unpaired) electrons. The molecule has 0 N–H and O–H groups in total. The van der Waals surface area contributed by atoms with Gasteiger partial charge < -0.3 is 0 Å². The van der Waals surface area contributed by atoms with Gasteiger partial charge in [0.05, 0.1) is 0 Å². The molecule has 27 heavy (non-hydrogen) atoms. The first-order valence-electron chi connectivity index (χ1n) is 10.1. The maximum atomic E-state index is 7.00. The van der Waals surface area contributed by atoms with Crippen molar-refractivity contribution in [2.75, 3.05) is 0 Å². The molecule has 0 aliphatic heterocycles. The van der Waals surface area contributed by atoms with Crippen molar-refractivity contribution in [1.82, 2.24) is 0 Å². The molecule has 0 fully saturated rings. The molecule has 0 saturated carbocycles. The first-order chi connectivity index (χ1) is 12.9. The maximum absolute atomic E-state index is 7.00. The fourth-order valence-electron chi connectivity index (χ4n) is 4.76. The van der Waals surface area contributed by atoms with Gasteiger partial charge in [0.15, 0.2) is 0 Å². The van der Waals surface area contributed by atoms with Crippen LogP contribution >= 0.6 is 0 Å². The SMILES string of the molecule is CC(C)[Si](OCc1c(-c2ccccc2)[se]c2ccccc12)(C(C)C)C(C)C. The monoisotopic (exact) mass is 444 g/mol. The van der Waals surface area contributed by atoms with Gasteiger partial charge in [0.1, 0.15) is 0 Å². The quantitative estimate of drug-likeness (QED) is 0.349. The normalized spacial score (nSPS) is 12.6. The molecule has 0 unspecified atom stereocenters. The summed E-state index contributed by atoms with van der Waals surface area (Å²) in [7, 11) is -1.87. The average Bonchev–Trinajstić information content (AvgIpc) is 3.01. The number of rotatable bonds is 7. The predicted molar refractivity (Wildman–Crippen MR) is 122 cm³/mol. The molecule has 0 bridgehead atoms. The molecular weight excluding hydrogens is 411 g/mol. The van der Waals surface area contributed by atoms with Gasteiger partial charge in [0.2, 0.25) is 0 Å². The summed E-state index contributed by atoms with van der Waals surface area (Å²) < 4.78 is 9.99. The summed E-state index contributed by atoms with van der Waals surface area (Å²) in [6, 6.07) is 19.8. The van der Waals surface area contributed by atoms with Crippen LogP contribution in [0.4, 0.5) is 0 Å². The van der Waals surface area contributed by atoms with E-state index >= 15 is 0 Å². The standard InChI is InChI=1S/C24H32OSeSi/c1-17(2)27(18(3)4,19(5)6)25-16-22-21-14-10-11-15-23(21)26-24(22)20-12-8-7-9-13-20/h7-15,17-19H,16H2,1-6H3. The molecule has 3 rings (SSSR count). The van der Waals surface area contributed by atoms with Gasteiger partial charge in [-0.05, 0) is 0 Å². The van der Waals surface area contributed by atoms with E-state index in [-0.39, 0.29) is 0 Å². The van der Waals surface area contributed by atoms with Gasteiger partial charge in [-0.1, -0.05) is 0 Å². The van der Waals surface area contributed by atoms with E-state index in [4.69, 9.17) is 4.43 Å². The van der Waals surface area contributed by atoms with Crippen LogP contribution in [0.5, 0.6) is 0 Å². The third-order valence-corrected chi connectivity index (χ3v) is 14.6. The predicted octanol–water partition coefficient (Wildman–Crippen LogP) is 7.26. The average molecular weight is 444 g/mol. The Bertz CT molecular complexity index is 858. The van der Waals surface area contributed by atoms with Crippen LogP contribution in [0.25, 0.3) is 19.6 Å². The first kappa shape index (κ1) is 20.6. The fourth-order valence-corrected chi connectivity index (χ4v) is 12.7. The van der Waals surface area contributed by atoms with Crippen LogP contribution in [0.1, 0.15) is 47.1 Å². The molecule has 2 aromatic carbocycles. The third-order valence-electron chi connectivity index (χ3n) is 5.91. The Labute approximate surface area is 171 Å². The Morgan fingerprint density at radius 3 is 1.93 bits per heavy atom. The third kappa shape index (κ3) is 3.89. The van der Waals surface area contributed by atoms with Crippen LogP contribution in [-0.4, -0.2) is 22.8 Å². The van der Waals surface area contributed by atoms with Crippen molar-refractivity contribution in [3.05, 3.63) is 60.2 Å². The van der Waals surface area contributed by atoms with Gasteiger partial charge in [-0.2, -0.15) is 0 Å². The van der Waals surface area contributed by atoms with Crippen LogP contribution < -0.4 is 0 Å². The van der Waals surface area contributed by atoms with Gasteiger partial charge in [0.25, 0.3) is 0 Å². The van der Waals surface area contributed by atoms with E-state index < -0.39 is 8.32 Å². The zero-order valence-corrected chi connectivity index (χ0v) is 20.2. The van der Waals surface area contributed by atoms with E-state index in [1.54, 1.807) is 0 Å². The van der Waals surface area contributed by atoms with Crippen molar-refractivity contribution in [1.29, 1.82) is 0 Å². The second-order valence-electron chi connectivity index (χ2n) is 8.38. The van der Waals surface area contributed by atoms with E-state index in [0.29, 0.717) is 31.1 Å². The minimum absolute atomic E-state index is 0.356.